The Bertz CT molecular complexity index is 1120. The van der Waals surface area contributed by atoms with E-state index in [1.165, 1.54) is 40.1 Å². The van der Waals surface area contributed by atoms with Crippen LogP contribution >= 0.6 is 22.9 Å². The lowest BCUT2D eigenvalue weighted by Gasteiger charge is -2.07. The highest BCUT2D eigenvalue weighted by Gasteiger charge is 2.31. The Morgan fingerprint density at radius 2 is 1.85 bits per heavy atom. The zero-order valence-electron chi connectivity index (χ0n) is 13.3. The van der Waals surface area contributed by atoms with Crippen molar-refractivity contribution >= 4 is 27.9 Å². The summed E-state index contributed by atoms with van der Waals surface area (Å²) in [6.45, 7) is 0. The summed E-state index contributed by atoms with van der Waals surface area (Å²) in [4.78, 5) is 0.393. The number of halogens is 5. The van der Waals surface area contributed by atoms with Crippen molar-refractivity contribution in [1.29, 1.82) is 0 Å². The molecule has 27 heavy (non-hydrogen) atoms. The van der Waals surface area contributed by atoms with Crippen LogP contribution in [0.5, 0.6) is 0 Å². The maximum atomic E-state index is 14.0. The molecule has 2 heterocycles. The van der Waals surface area contributed by atoms with Gasteiger partial charge in [0.2, 0.25) is 4.96 Å². The van der Waals surface area contributed by atoms with Crippen LogP contribution < -0.4 is 0 Å². The molecule has 0 radical (unpaired) electrons. The lowest BCUT2D eigenvalue weighted by atomic mass is 10.1. The predicted octanol–water partition coefficient (Wildman–Crippen LogP) is 5.25. The van der Waals surface area contributed by atoms with Crippen LogP contribution in [0.25, 0.3) is 16.3 Å². The molecule has 0 bridgehead atoms. The maximum Gasteiger partial charge on any atom is 0.416 e. The van der Waals surface area contributed by atoms with Crippen molar-refractivity contribution in [3.63, 3.8) is 0 Å². The molecule has 0 spiro atoms. The summed E-state index contributed by atoms with van der Waals surface area (Å²) in [6, 6.07) is 9.15. The average molecular weight is 413 g/mol. The van der Waals surface area contributed by atoms with Crippen molar-refractivity contribution in [2.24, 2.45) is 0 Å². The molecule has 0 atom stereocenters. The Morgan fingerprint density at radius 3 is 2.59 bits per heavy atom. The van der Waals surface area contributed by atoms with Crippen molar-refractivity contribution < 1.29 is 17.6 Å². The molecule has 0 aliphatic carbocycles. The third-order valence-corrected chi connectivity index (χ3v) is 5.12. The van der Waals surface area contributed by atoms with E-state index in [1.807, 2.05) is 0 Å². The molecular formula is C17H9ClF4N4S. The molecule has 0 fully saturated rings. The van der Waals surface area contributed by atoms with Crippen LogP contribution in [0.4, 0.5) is 17.6 Å². The van der Waals surface area contributed by atoms with E-state index in [9.17, 15) is 17.6 Å². The molecule has 4 aromatic rings. The summed E-state index contributed by atoms with van der Waals surface area (Å²) in [7, 11) is 0. The van der Waals surface area contributed by atoms with Crippen molar-refractivity contribution in [3.05, 3.63) is 69.4 Å². The fourth-order valence-corrected chi connectivity index (χ4v) is 3.67. The highest BCUT2D eigenvalue weighted by molar-refractivity contribution is 7.16. The zero-order valence-corrected chi connectivity index (χ0v) is 14.9. The number of fused-ring (bicyclic) bond motifs is 1. The molecule has 0 aliphatic heterocycles. The number of alkyl halides is 3. The van der Waals surface area contributed by atoms with E-state index in [1.54, 1.807) is 6.07 Å². The molecule has 2 aromatic heterocycles. The molecule has 0 aliphatic rings. The third kappa shape index (κ3) is 3.40. The normalized spacial score (nSPS) is 12.0. The van der Waals surface area contributed by atoms with E-state index in [0.29, 0.717) is 15.5 Å². The Morgan fingerprint density at radius 1 is 1.07 bits per heavy atom. The largest absolute Gasteiger partial charge is 0.416 e. The summed E-state index contributed by atoms with van der Waals surface area (Å²) in [5.41, 5.74) is -0.256. The van der Waals surface area contributed by atoms with Gasteiger partial charge in [0.1, 0.15) is 10.8 Å². The van der Waals surface area contributed by atoms with E-state index < -0.39 is 17.6 Å². The van der Waals surface area contributed by atoms with Crippen LogP contribution in [0.3, 0.4) is 0 Å². The van der Waals surface area contributed by atoms with E-state index in [-0.39, 0.29) is 22.8 Å². The van der Waals surface area contributed by atoms with Gasteiger partial charge in [-0.15, -0.1) is 10.2 Å². The number of rotatable bonds is 3. The second-order valence-corrected chi connectivity index (χ2v) is 7.12. The van der Waals surface area contributed by atoms with Gasteiger partial charge in [0.15, 0.2) is 5.82 Å². The molecular weight excluding hydrogens is 404 g/mol. The van der Waals surface area contributed by atoms with Crippen LogP contribution in [-0.4, -0.2) is 19.8 Å². The number of benzene rings is 2. The Kier molecular flexibility index (Phi) is 4.35. The molecule has 0 saturated heterocycles. The minimum Gasteiger partial charge on any atom is -0.207 e. The number of aromatic nitrogens is 4. The minimum atomic E-state index is -4.46. The van der Waals surface area contributed by atoms with E-state index in [4.69, 9.17) is 11.6 Å². The van der Waals surface area contributed by atoms with Gasteiger partial charge in [0.05, 0.1) is 5.56 Å². The van der Waals surface area contributed by atoms with Crippen LogP contribution in [0.1, 0.15) is 16.1 Å². The molecule has 0 N–H and O–H groups in total. The Labute approximate surface area is 159 Å². The number of hydrogen-bond acceptors (Lipinski definition) is 4. The number of nitrogens with zero attached hydrogens (tertiary/aromatic N) is 4. The molecule has 0 saturated carbocycles. The zero-order chi connectivity index (χ0) is 19.2. The Balaban J connectivity index is 1.73. The highest BCUT2D eigenvalue weighted by Crippen LogP contribution is 2.32. The quantitative estimate of drug-likeness (QED) is 0.431. The fraction of sp³-hybridized carbons (Fsp3) is 0.118. The van der Waals surface area contributed by atoms with Crippen molar-refractivity contribution in [2.75, 3.05) is 0 Å². The van der Waals surface area contributed by atoms with E-state index >= 15 is 0 Å². The van der Waals surface area contributed by atoms with E-state index in [2.05, 4.69) is 15.3 Å². The van der Waals surface area contributed by atoms with Crippen molar-refractivity contribution in [1.82, 2.24) is 19.8 Å². The van der Waals surface area contributed by atoms with E-state index in [0.717, 1.165) is 12.1 Å². The van der Waals surface area contributed by atoms with Gasteiger partial charge in [-0.05, 0) is 24.3 Å². The summed E-state index contributed by atoms with van der Waals surface area (Å²) in [5, 5.41) is 13.0. The summed E-state index contributed by atoms with van der Waals surface area (Å²) < 4.78 is 54.1. The minimum absolute atomic E-state index is 0.140. The van der Waals surface area contributed by atoms with Gasteiger partial charge < -0.3 is 0 Å². The molecule has 4 rings (SSSR count). The van der Waals surface area contributed by atoms with Gasteiger partial charge in [-0.1, -0.05) is 41.1 Å². The molecule has 10 heteroatoms. The first-order chi connectivity index (χ1) is 12.8. The van der Waals surface area contributed by atoms with Crippen LogP contribution in [0.2, 0.25) is 5.02 Å². The summed E-state index contributed by atoms with van der Waals surface area (Å²) in [5.74, 6) is -0.273. The molecule has 2 aromatic carbocycles. The number of hydrogen-bond donors (Lipinski definition) is 0. The van der Waals surface area contributed by atoms with Gasteiger partial charge in [-0.25, -0.2) is 4.39 Å². The molecule has 0 amide bonds. The highest BCUT2D eigenvalue weighted by atomic mass is 35.5. The third-order valence-electron chi connectivity index (χ3n) is 3.87. The Hall–Kier alpha value is -2.52. The first-order valence-corrected chi connectivity index (χ1v) is 8.84. The van der Waals surface area contributed by atoms with Crippen molar-refractivity contribution in [2.45, 2.75) is 12.6 Å². The van der Waals surface area contributed by atoms with Crippen LogP contribution in [0, 0.1) is 5.82 Å². The standard InChI is InChI=1S/C17H9ClF4N4S/c18-12-5-2-6-13(19)11(12)8-14-25-26-15(23-24-16(26)27-14)9-3-1-4-10(7-9)17(20,21)22/h1-7H,8H2. The van der Waals surface area contributed by atoms with Gasteiger partial charge in [-0.2, -0.15) is 22.8 Å². The van der Waals surface area contributed by atoms with Gasteiger partial charge in [-0.3, -0.25) is 0 Å². The first-order valence-electron chi connectivity index (χ1n) is 7.64. The summed E-state index contributed by atoms with van der Waals surface area (Å²) in [6.07, 6.45) is -4.32. The second-order valence-electron chi connectivity index (χ2n) is 5.67. The molecule has 138 valence electrons. The molecule has 4 nitrogen and oxygen atoms in total. The fourth-order valence-electron chi connectivity index (χ4n) is 2.60. The lowest BCUT2D eigenvalue weighted by molar-refractivity contribution is -0.137. The van der Waals surface area contributed by atoms with Crippen molar-refractivity contribution in [3.8, 4) is 11.4 Å². The first kappa shape index (κ1) is 17.9. The predicted molar refractivity (Wildman–Crippen MR) is 93.3 cm³/mol. The smallest absolute Gasteiger partial charge is 0.207 e. The monoisotopic (exact) mass is 412 g/mol. The maximum absolute atomic E-state index is 14.0. The average Bonchev–Trinajstić information content (AvgIpc) is 3.17. The van der Waals surface area contributed by atoms with Gasteiger partial charge >= 0.3 is 6.18 Å². The van der Waals surface area contributed by atoms with Gasteiger partial charge in [0.25, 0.3) is 0 Å². The topological polar surface area (TPSA) is 43.1 Å². The summed E-state index contributed by atoms with van der Waals surface area (Å²) >= 11 is 7.20. The van der Waals surface area contributed by atoms with Gasteiger partial charge in [0, 0.05) is 22.6 Å². The lowest BCUT2D eigenvalue weighted by Crippen LogP contribution is -2.05. The second kappa shape index (κ2) is 6.58. The van der Waals surface area contributed by atoms with Crippen LogP contribution in [-0.2, 0) is 12.6 Å². The molecule has 0 unspecified atom stereocenters. The SMILES string of the molecule is Fc1cccc(Cl)c1Cc1nn2c(-c3cccc(C(F)(F)F)c3)nnc2s1. The van der Waals surface area contributed by atoms with Crippen LogP contribution in [0.15, 0.2) is 42.5 Å².